The summed E-state index contributed by atoms with van der Waals surface area (Å²) in [5.41, 5.74) is 3.43. The van der Waals surface area contributed by atoms with Gasteiger partial charge in [-0.15, -0.1) is 0 Å². The largest absolute Gasteiger partial charge is 0.508 e. The highest BCUT2D eigenvalue weighted by atomic mass is 16.5. The lowest BCUT2D eigenvalue weighted by Gasteiger charge is -2.07. The normalized spacial score (nSPS) is 10.8. The number of aromatic hydroxyl groups is 1. The van der Waals surface area contributed by atoms with Crippen LogP contribution >= 0.6 is 0 Å². The molecule has 4 aromatic rings. The zero-order valence-electron chi connectivity index (χ0n) is 14.1. The molecule has 4 rings (SSSR count). The van der Waals surface area contributed by atoms with Crippen molar-refractivity contribution in [2.75, 3.05) is 0 Å². The van der Waals surface area contributed by atoms with Gasteiger partial charge in [-0.25, -0.2) is 0 Å². The second-order valence-electron chi connectivity index (χ2n) is 6.10. The number of hydrogen-bond donors (Lipinski definition) is 1. The number of benzene rings is 3. The maximum atomic E-state index is 12.5. The summed E-state index contributed by atoms with van der Waals surface area (Å²) in [6.45, 7) is 2.05. The molecule has 4 heteroatoms. The summed E-state index contributed by atoms with van der Waals surface area (Å²) in [4.78, 5) is 12.5. The number of hydrogen-bond acceptors (Lipinski definition) is 4. The van der Waals surface area contributed by atoms with E-state index >= 15 is 0 Å². The Balaban J connectivity index is 1.62. The van der Waals surface area contributed by atoms with Crippen molar-refractivity contribution < 1.29 is 14.3 Å². The standard InChI is InChI=1S/C22H16O4/c1-14-2-4-15(5-3-14)16-6-9-18(10-7-16)26-21-13-25-20-12-17(23)8-11-19(20)22(21)24/h2-13,23H,1H3. The van der Waals surface area contributed by atoms with E-state index in [4.69, 9.17) is 9.15 Å². The predicted molar refractivity (Wildman–Crippen MR) is 101 cm³/mol. The Kier molecular flexibility index (Phi) is 3.93. The molecule has 0 fully saturated rings. The zero-order chi connectivity index (χ0) is 18.1. The van der Waals surface area contributed by atoms with E-state index in [0.29, 0.717) is 16.7 Å². The van der Waals surface area contributed by atoms with Crippen LogP contribution in [-0.4, -0.2) is 5.11 Å². The Morgan fingerprint density at radius 1 is 0.885 bits per heavy atom. The number of aryl methyl sites for hydroxylation is 1. The SMILES string of the molecule is Cc1ccc(-c2ccc(Oc3coc4cc(O)ccc4c3=O)cc2)cc1. The van der Waals surface area contributed by atoms with Crippen LogP contribution in [0.4, 0.5) is 0 Å². The van der Waals surface area contributed by atoms with E-state index in [-0.39, 0.29) is 16.9 Å². The minimum Gasteiger partial charge on any atom is -0.508 e. The highest BCUT2D eigenvalue weighted by molar-refractivity contribution is 5.79. The molecule has 0 aliphatic heterocycles. The maximum Gasteiger partial charge on any atom is 0.235 e. The summed E-state index contributed by atoms with van der Waals surface area (Å²) in [6, 6.07) is 20.2. The van der Waals surface area contributed by atoms with Crippen molar-refractivity contribution >= 4 is 11.0 Å². The Bertz CT molecular complexity index is 1120. The monoisotopic (exact) mass is 344 g/mol. The van der Waals surface area contributed by atoms with Crippen LogP contribution in [0.15, 0.2) is 82.2 Å². The van der Waals surface area contributed by atoms with E-state index in [9.17, 15) is 9.90 Å². The Labute approximate surface area is 149 Å². The number of phenolic OH excluding ortho intramolecular Hbond substituents is 1. The van der Waals surface area contributed by atoms with Crippen LogP contribution in [0.2, 0.25) is 0 Å². The molecule has 0 radical (unpaired) electrons. The smallest absolute Gasteiger partial charge is 0.235 e. The molecule has 1 heterocycles. The van der Waals surface area contributed by atoms with Crippen molar-refractivity contribution in [3.05, 3.63) is 88.8 Å². The summed E-state index contributed by atoms with van der Waals surface area (Å²) in [5, 5.41) is 9.83. The number of rotatable bonds is 3. The van der Waals surface area contributed by atoms with Crippen LogP contribution < -0.4 is 10.2 Å². The van der Waals surface area contributed by atoms with Gasteiger partial charge in [0.15, 0.2) is 0 Å². The highest BCUT2D eigenvalue weighted by Gasteiger charge is 2.10. The fourth-order valence-electron chi connectivity index (χ4n) is 2.76. The number of phenols is 1. The first-order valence-electron chi connectivity index (χ1n) is 8.20. The van der Waals surface area contributed by atoms with Gasteiger partial charge in [0.2, 0.25) is 11.2 Å². The second kappa shape index (κ2) is 6.41. The van der Waals surface area contributed by atoms with Crippen LogP contribution in [0.1, 0.15) is 5.56 Å². The minimum atomic E-state index is -0.283. The van der Waals surface area contributed by atoms with Crippen LogP contribution in [0.5, 0.6) is 17.2 Å². The van der Waals surface area contributed by atoms with Gasteiger partial charge in [-0.3, -0.25) is 4.79 Å². The Hall–Kier alpha value is -3.53. The van der Waals surface area contributed by atoms with Crippen molar-refractivity contribution in [2.24, 2.45) is 0 Å². The molecule has 26 heavy (non-hydrogen) atoms. The lowest BCUT2D eigenvalue weighted by atomic mass is 10.0. The van der Waals surface area contributed by atoms with Gasteiger partial charge >= 0.3 is 0 Å². The fourth-order valence-corrected chi connectivity index (χ4v) is 2.76. The molecule has 0 aliphatic carbocycles. The summed E-state index contributed by atoms with van der Waals surface area (Å²) >= 11 is 0. The van der Waals surface area contributed by atoms with Crippen molar-refractivity contribution in [2.45, 2.75) is 6.92 Å². The summed E-state index contributed by atoms with van der Waals surface area (Å²) < 4.78 is 11.1. The van der Waals surface area contributed by atoms with E-state index in [1.54, 1.807) is 0 Å². The average molecular weight is 344 g/mol. The molecule has 3 aromatic carbocycles. The lowest BCUT2D eigenvalue weighted by molar-refractivity contribution is 0.449. The van der Waals surface area contributed by atoms with Crippen molar-refractivity contribution in [3.8, 4) is 28.4 Å². The average Bonchev–Trinajstić information content (AvgIpc) is 2.65. The fraction of sp³-hybridized carbons (Fsp3) is 0.0455. The summed E-state index contributed by atoms with van der Waals surface area (Å²) in [5.74, 6) is 0.693. The van der Waals surface area contributed by atoms with Gasteiger partial charge in [0.1, 0.15) is 23.3 Å². The molecule has 128 valence electrons. The summed E-state index contributed by atoms with van der Waals surface area (Å²) in [7, 11) is 0. The van der Waals surface area contributed by atoms with Gasteiger partial charge < -0.3 is 14.3 Å². The molecule has 0 unspecified atom stereocenters. The molecule has 1 N–H and O–H groups in total. The van der Waals surface area contributed by atoms with E-state index in [2.05, 4.69) is 31.2 Å². The Morgan fingerprint density at radius 2 is 1.54 bits per heavy atom. The molecular weight excluding hydrogens is 328 g/mol. The predicted octanol–water partition coefficient (Wildman–Crippen LogP) is 5.27. The van der Waals surface area contributed by atoms with Crippen LogP contribution in [0, 0.1) is 6.92 Å². The van der Waals surface area contributed by atoms with E-state index in [1.165, 1.54) is 30.0 Å². The van der Waals surface area contributed by atoms with Crippen molar-refractivity contribution in [1.82, 2.24) is 0 Å². The first-order valence-corrected chi connectivity index (χ1v) is 8.20. The topological polar surface area (TPSA) is 59.7 Å². The Morgan fingerprint density at radius 3 is 2.23 bits per heavy atom. The quantitative estimate of drug-likeness (QED) is 0.550. The van der Waals surface area contributed by atoms with Gasteiger partial charge in [-0.05, 0) is 42.3 Å². The highest BCUT2D eigenvalue weighted by Crippen LogP contribution is 2.26. The first-order chi connectivity index (χ1) is 12.6. The number of ether oxygens (including phenoxy) is 1. The molecule has 0 aliphatic rings. The molecule has 0 bridgehead atoms. The van der Waals surface area contributed by atoms with Crippen LogP contribution in [-0.2, 0) is 0 Å². The molecule has 0 amide bonds. The van der Waals surface area contributed by atoms with Gasteiger partial charge in [-0.2, -0.15) is 0 Å². The zero-order valence-corrected chi connectivity index (χ0v) is 14.1. The molecular formula is C22H16O4. The van der Waals surface area contributed by atoms with Crippen molar-refractivity contribution in [3.63, 3.8) is 0 Å². The van der Waals surface area contributed by atoms with Crippen LogP contribution in [0.3, 0.4) is 0 Å². The van der Waals surface area contributed by atoms with Gasteiger partial charge in [-0.1, -0.05) is 42.0 Å². The summed E-state index contributed by atoms with van der Waals surface area (Å²) in [6.07, 6.45) is 1.26. The van der Waals surface area contributed by atoms with E-state index in [0.717, 1.165) is 11.1 Å². The van der Waals surface area contributed by atoms with E-state index in [1.807, 2.05) is 24.3 Å². The van der Waals surface area contributed by atoms with Gasteiger partial charge in [0, 0.05) is 6.07 Å². The second-order valence-corrected chi connectivity index (χ2v) is 6.10. The maximum absolute atomic E-state index is 12.5. The molecule has 0 spiro atoms. The molecule has 0 saturated heterocycles. The molecule has 1 aromatic heterocycles. The third-order valence-corrected chi connectivity index (χ3v) is 4.19. The minimum absolute atomic E-state index is 0.0426. The first kappa shape index (κ1) is 16.0. The third-order valence-electron chi connectivity index (χ3n) is 4.19. The lowest BCUT2D eigenvalue weighted by Crippen LogP contribution is -2.04. The van der Waals surface area contributed by atoms with E-state index < -0.39 is 0 Å². The molecule has 4 nitrogen and oxygen atoms in total. The third kappa shape index (κ3) is 3.05. The number of fused-ring (bicyclic) bond motifs is 1. The van der Waals surface area contributed by atoms with Crippen LogP contribution in [0.25, 0.3) is 22.1 Å². The van der Waals surface area contributed by atoms with Gasteiger partial charge in [0.05, 0.1) is 5.39 Å². The van der Waals surface area contributed by atoms with Gasteiger partial charge in [0.25, 0.3) is 0 Å². The van der Waals surface area contributed by atoms with Crippen molar-refractivity contribution in [1.29, 1.82) is 0 Å². The molecule has 0 atom stereocenters. The molecule has 0 saturated carbocycles.